The summed E-state index contributed by atoms with van der Waals surface area (Å²) in [5, 5.41) is 1.06. The van der Waals surface area contributed by atoms with Gasteiger partial charge < -0.3 is 9.55 Å². The first-order chi connectivity index (χ1) is 6.59. The average Bonchev–Trinajstić information content (AvgIpc) is 2.43. The molecule has 0 spiro atoms. The fourth-order valence-corrected chi connectivity index (χ4v) is 1.79. The predicted octanol–water partition coefficient (Wildman–Crippen LogP) is 1.99. The van der Waals surface area contributed by atoms with E-state index in [2.05, 4.69) is 25.0 Å². The first-order valence-electron chi connectivity index (χ1n) is 4.77. The third-order valence-electron chi connectivity index (χ3n) is 2.55. The fourth-order valence-electron chi connectivity index (χ4n) is 1.79. The molecule has 2 aromatic rings. The molecule has 0 fully saturated rings. The summed E-state index contributed by atoms with van der Waals surface area (Å²) in [6, 6.07) is 1.67. The van der Waals surface area contributed by atoms with E-state index in [-0.39, 0.29) is 5.56 Å². The van der Waals surface area contributed by atoms with E-state index in [1.54, 1.807) is 12.3 Å². The molecular formula is C11H14N2O. The van der Waals surface area contributed by atoms with Gasteiger partial charge in [0, 0.05) is 30.9 Å². The maximum atomic E-state index is 11.2. The van der Waals surface area contributed by atoms with E-state index in [0.717, 1.165) is 10.9 Å². The quantitative estimate of drug-likeness (QED) is 0.733. The zero-order valence-electron chi connectivity index (χ0n) is 8.66. The van der Waals surface area contributed by atoms with Crippen LogP contribution in [0.3, 0.4) is 0 Å². The van der Waals surface area contributed by atoms with Crippen molar-refractivity contribution in [1.82, 2.24) is 9.55 Å². The highest BCUT2D eigenvalue weighted by atomic mass is 16.1. The molecule has 0 unspecified atom stereocenters. The molecule has 2 rings (SSSR count). The van der Waals surface area contributed by atoms with Crippen LogP contribution in [0.1, 0.15) is 25.3 Å². The van der Waals surface area contributed by atoms with Crippen LogP contribution in [0.4, 0.5) is 0 Å². The van der Waals surface area contributed by atoms with Crippen LogP contribution in [0.5, 0.6) is 0 Å². The minimum absolute atomic E-state index is 0.0365. The first-order valence-corrected chi connectivity index (χ1v) is 4.77. The van der Waals surface area contributed by atoms with Crippen LogP contribution in [-0.4, -0.2) is 9.55 Å². The van der Waals surface area contributed by atoms with Crippen LogP contribution in [0.2, 0.25) is 0 Å². The molecule has 1 N–H and O–H groups in total. The molecule has 0 aliphatic heterocycles. The molecule has 2 heterocycles. The summed E-state index contributed by atoms with van der Waals surface area (Å²) in [7, 11) is 1.99. The summed E-state index contributed by atoms with van der Waals surface area (Å²) in [6.45, 7) is 4.27. The summed E-state index contributed by atoms with van der Waals surface area (Å²) in [6.07, 6.45) is 3.85. The van der Waals surface area contributed by atoms with Crippen LogP contribution in [0, 0.1) is 0 Å². The summed E-state index contributed by atoms with van der Waals surface area (Å²) >= 11 is 0. The van der Waals surface area contributed by atoms with Crippen molar-refractivity contribution < 1.29 is 0 Å². The van der Waals surface area contributed by atoms with Gasteiger partial charge in [-0.25, -0.2) is 0 Å². The number of nitrogens with one attached hydrogen (secondary N) is 1. The second-order valence-electron chi connectivity index (χ2n) is 3.95. The van der Waals surface area contributed by atoms with Gasteiger partial charge in [0.05, 0.1) is 5.52 Å². The van der Waals surface area contributed by atoms with Crippen molar-refractivity contribution in [2.24, 2.45) is 7.05 Å². The lowest BCUT2D eigenvalue weighted by molar-refractivity contribution is 0.857. The fraction of sp³-hybridized carbons (Fsp3) is 0.364. The lowest BCUT2D eigenvalue weighted by Crippen LogP contribution is -2.02. The van der Waals surface area contributed by atoms with E-state index in [1.807, 2.05) is 11.6 Å². The number of pyridine rings is 1. The Hall–Kier alpha value is -1.51. The second kappa shape index (κ2) is 3.01. The van der Waals surface area contributed by atoms with E-state index >= 15 is 0 Å². The Kier molecular flexibility index (Phi) is 1.95. The topological polar surface area (TPSA) is 37.8 Å². The number of rotatable bonds is 1. The summed E-state index contributed by atoms with van der Waals surface area (Å²) in [5.41, 5.74) is 2.27. The molecule has 0 aliphatic rings. The largest absolute Gasteiger partial charge is 0.349 e. The van der Waals surface area contributed by atoms with Crippen LogP contribution < -0.4 is 5.56 Å². The van der Waals surface area contributed by atoms with Gasteiger partial charge in [-0.1, -0.05) is 13.8 Å². The number of hydrogen-bond donors (Lipinski definition) is 1. The molecule has 74 valence electrons. The van der Waals surface area contributed by atoms with Gasteiger partial charge in [-0.05, 0) is 11.5 Å². The molecule has 2 aromatic heterocycles. The second-order valence-corrected chi connectivity index (χ2v) is 3.95. The van der Waals surface area contributed by atoms with Gasteiger partial charge in [0.2, 0.25) is 5.56 Å². The number of aromatic nitrogens is 2. The van der Waals surface area contributed by atoms with Crippen LogP contribution in [-0.2, 0) is 7.05 Å². The molecule has 0 atom stereocenters. The molecule has 0 aromatic carbocycles. The predicted molar refractivity (Wildman–Crippen MR) is 57.6 cm³/mol. The average molecular weight is 190 g/mol. The Morgan fingerprint density at radius 1 is 1.43 bits per heavy atom. The Labute approximate surface area is 82.4 Å². The minimum atomic E-state index is -0.0365. The molecule has 3 nitrogen and oxygen atoms in total. The lowest BCUT2D eigenvalue weighted by atomic mass is 10.0. The number of nitrogens with zero attached hydrogens (tertiary/aromatic N) is 1. The zero-order chi connectivity index (χ0) is 10.3. The van der Waals surface area contributed by atoms with Crippen LogP contribution >= 0.6 is 0 Å². The summed E-state index contributed by atoms with van der Waals surface area (Å²) in [5.74, 6) is 0.445. The van der Waals surface area contributed by atoms with Crippen molar-refractivity contribution in [2.75, 3.05) is 0 Å². The first kappa shape index (κ1) is 9.06. The van der Waals surface area contributed by atoms with E-state index in [9.17, 15) is 4.79 Å². The minimum Gasteiger partial charge on any atom is -0.349 e. The van der Waals surface area contributed by atoms with E-state index in [4.69, 9.17) is 0 Å². The third kappa shape index (κ3) is 1.25. The Morgan fingerprint density at radius 3 is 2.79 bits per heavy atom. The van der Waals surface area contributed by atoms with Crippen molar-refractivity contribution in [2.45, 2.75) is 19.8 Å². The lowest BCUT2D eigenvalue weighted by Gasteiger charge is -2.00. The molecule has 0 saturated heterocycles. The Balaban J connectivity index is 2.86. The molecule has 0 aliphatic carbocycles. The molecule has 3 heteroatoms. The number of fused-ring (bicyclic) bond motifs is 1. The molecule has 0 saturated carbocycles. The standard InChI is InChI=1S/C11H14N2O/c1-7(2)9-6-13(3)10-5-12-11(14)4-8(9)10/h4-7H,1-3H3,(H,12,14). The highest BCUT2D eigenvalue weighted by molar-refractivity contribution is 5.83. The zero-order valence-corrected chi connectivity index (χ0v) is 8.66. The SMILES string of the molecule is CC(C)c1cn(C)c2c[nH]c(=O)cc12. The van der Waals surface area contributed by atoms with Gasteiger partial charge in [0.15, 0.2) is 0 Å². The molecule has 0 radical (unpaired) electrons. The van der Waals surface area contributed by atoms with Gasteiger partial charge in [-0.2, -0.15) is 0 Å². The molecule has 0 amide bonds. The van der Waals surface area contributed by atoms with Crippen molar-refractivity contribution in [3.63, 3.8) is 0 Å². The van der Waals surface area contributed by atoms with Crippen molar-refractivity contribution in [1.29, 1.82) is 0 Å². The van der Waals surface area contributed by atoms with Gasteiger partial charge in [-0.15, -0.1) is 0 Å². The number of aryl methyl sites for hydroxylation is 1. The van der Waals surface area contributed by atoms with Crippen molar-refractivity contribution >= 4 is 10.9 Å². The van der Waals surface area contributed by atoms with Crippen LogP contribution in [0.25, 0.3) is 10.9 Å². The molecule has 0 bridgehead atoms. The van der Waals surface area contributed by atoms with Gasteiger partial charge in [0.1, 0.15) is 0 Å². The van der Waals surface area contributed by atoms with E-state index < -0.39 is 0 Å². The number of H-pyrrole nitrogens is 1. The maximum Gasteiger partial charge on any atom is 0.248 e. The maximum absolute atomic E-state index is 11.2. The normalized spacial score (nSPS) is 11.4. The molecular weight excluding hydrogens is 176 g/mol. The Bertz CT molecular complexity index is 520. The summed E-state index contributed by atoms with van der Waals surface area (Å²) < 4.78 is 2.04. The van der Waals surface area contributed by atoms with Gasteiger partial charge in [0.25, 0.3) is 0 Å². The van der Waals surface area contributed by atoms with E-state index in [0.29, 0.717) is 5.92 Å². The number of hydrogen-bond acceptors (Lipinski definition) is 1. The van der Waals surface area contributed by atoms with Gasteiger partial charge in [-0.3, -0.25) is 4.79 Å². The van der Waals surface area contributed by atoms with Crippen molar-refractivity contribution in [3.8, 4) is 0 Å². The Morgan fingerprint density at radius 2 is 2.14 bits per heavy atom. The van der Waals surface area contributed by atoms with Crippen LogP contribution in [0.15, 0.2) is 23.3 Å². The third-order valence-corrected chi connectivity index (χ3v) is 2.55. The number of aromatic amines is 1. The van der Waals surface area contributed by atoms with Crippen molar-refractivity contribution in [3.05, 3.63) is 34.4 Å². The van der Waals surface area contributed by atoms with Gasteiger partial charge >= 0.3 is 0 Å². The monoisotopic (exact) mass is 190 g/mol. The van der Waals surface area contributed by atoms with E-state index in [1.165, 1.54) is 5.56 Å². The molecule has 14 heavy (non-hydrogen) atoms. The smallest absolute Gasteiger partial charge is 0.248 e. The summed E-state index contributed by atoms with van der Waals surface area (Å²) in [4.78, 5) is 13.9. The highest BCUT2D eigenvalue weighted by Gasteiger charge is 2.09. The highest BCUT2D eigenvalue weighted by Crippen LogP contribution is 2.24.